The standard InChI is InChI=1S/C12H19N3O2/c1-15-4-5-16-8-11(15)9-17-12-7-14-3-2-10(12)6-13/h2-3,7,11H,4-6,8-9,13H2,1H3. The van der Waals surface area contributed by atoms with Crippen molar-refractivity contribution in [2.75, 3.05) is 33.4 Å². The Labute approximate surface area is 102 Å². The molecule has 2 heterocycles. The Kier molecular flexibility index (Phi) is 4.30. The highest BCUT2D eigenvalue weighted by Crippen LogP contribution is 2.16. The molecule has 0 amide bonds. The van der Waals surface area contributed by atoms with E-state index < -0.39 is 0 Å². The van der Waals surface area contributed by atoms with E-state index in [0.29, 0.717) is 25.8 Å². The zero-order valence-electron chi connectivity index (χ0n) is 10.1. The Morgan fingerprint density at radius 2 is 2.53 bits per heavy atom. The molecule has 0 bridgehead atoms. The number of morpholine rings is 1. The summed E-state index contributed by atoms with van der Waals surface area (Å²) in [6.45, 7) is 3.54. The van der Waals surface area contributed by atoms with Crippen LogP contribution in [0.5, 0.6) is 5.75 Å². The van der Waals surface area contributed by atoms with Crippen molar-refractivity contribution in [3.63, 3.8) is 0 Å². The van der Waals surface area contributed by atoms with Gasteiger partial charge in [0.05, 0.1) is 25.5 Å². The van der Waals surface area contributed by atoms with Crippen LogP contribution in [0.2, 0.25) is 0 Å². The quantitative estimate of drug-likeness (QED) is 0.813. The van der Waals surface area contributed by atoms with Gasteiger partial charge in [0, 0.05) is 24.8 Å². The Hall–Kier alpha value is -1.17. The second kappa shape index (κ2) is 5.95. The fourth-order valence-electron chi connectivity index (χ4n) is 1.81. The van der Waals surface area contributed by atoms with Crippen molar-refractivity contribution in [2.24, 2.45) is 5.73 Å². The highest BCUT2D eigenvalue weighted by molar-refractivity contribution is 5.29. The van der Waals surface area contributed by atoms with Crippen LogP contribution in [0.25, 0.3) is 0 Å². The molecule has 0 spiro atoms. The zero-order valence-corrected chi connectivity index (χ0v) is 10.1. The highest BCUT2D eigenvalue weighted by atomic mass is 16.5. The van der Waals surface area contributed by atoms with Gasteiger partial charge in [-0.1, -0.05) is 0 Å². The maximum Gasteiger partial charge on any atom is 0.142 e. The van der Waals surface area contributed by atoms with E-state index in [4.69, 9.17) is 15.2 Å². The summed E-state index contributed by atoms with van der Waals surface area (Å²) in [5.74, 6) is 0.772. The lowest BCUT2D eigenvalue weighted by Gasteiger charge is -2.32. The molecule has 5 heteroatoms. The fourth-order valence-corrected chi connectivity index (χ4v) is 1.81. The summed E-state index contributed by atoms with van der Waals surface area (Å²) < 4.78 is 11.2. The van der Waals surface area contributed by atoms with Crippen LogP contribution >= 0.6 is 0 Å². The van der Waals surface area contributed by atoms with Crippen LogP contribution in [0.15, 0.2) is 18.5 Å². The van der Waals surface area contributed by atoms with Gasteiger partial charge in [0.1, 0.15) is 12.4 Å². The van der Waals surface area contributed by atoms with Crippen LogP contribution in [0, 0.1) is 0 Å². The molecule has 2 rings (SSSR count). The van der Waals surface area contributed by atoms with Crippen molar-refractivity contribution in [1.82, 2.24) is 9.88 Å². The lowest BCUT2D eigenvalue weighted by Crippen LogP contribution is -2.46. The third-order valence-electron chi connectivity index (χ3n) is 3.04. The highest BCUT2D eigenvalue weighted by Gasteiger charge is 2.20. The van der Waals surface area contributed by atoms with E-state index in [1.165, 1.54) is 0 Å². The number of rotatable bonds is 4. The van der Waals surface area contributed by atoms with E-state index in [9.17, 15) is 0 Å². The third-order valence-corrected chi connectivity index (χ3v) is 3.04. The molecule has 1 aliphatic rings. The van der Waals surface area contributed by atoms with E-state index in [2.05, 4.69) is 16.9 Å². The summed E-state index contributed by atoms with van der Waals surface area (Å²) in [6.07, 6.45) is 3.44. The molecular formula is C12H19N3O2. The van der Waals surface area contributed by atoms with Crippen molar-refractivity contribution in [3.05, 3.63) is 24.0 Å². The minimum atomic E-state index is 0.301. The largest absolute Gasteiger partial charge is 0.490 e. The number of aromatic nitrogens is 1. The minimum absolute atomic E-state index is 0.301. The predicted molar refractivity (Wildman–Crippen MR) is 64.9 cm³/mol. The first-order valence-electron chi connectivity index (χ1n) is 5.85. The normalized spacial score (nSPS) is 21.4. The van der Waals surface area contributed by atoms with Crippen LogP contribution in [0.3, 0.4) is 0 Å². The summed E-state index contributed by atoms with van der Waals surface area (Å²) in [6, 6.07) is 2.19. The van der Waals surface area contributed by atoms with Crippen molar-refractivity contribution < 1.29 is 9.47 Å². The van der Waals surface area contributed by atoms with Crippen molar-refractivity contribution in [1.29, 1.82) is 0 Å². The minimum Gasteiger partial charge on any atom is -0.490 e. The van der Waals surface area contributed by atoms with E-state index in [1.807, 2.05) is 6.07 Å². The fraction of sp³-hybridized carbons (Fsp3) is 0.583. The number of nitrogens with two attached hydrogens (primary N) is 1. The number of nitrogens with zero attached hydrogens (tertiary/aromatic N) is 2. The first-order valence-corrected chi connectivity index (χ1v) is 5.85. The molecule has 5 nitrogen and oxygen atoms in total. The number of hydrogen-bond acceptors (Lipinski definition) is 5. The Morgan fingerprint density at radius 1 is 1.65 bits per heavy atom. The van der Waals surface area contributed by atoms with E-state index in [1.54, 1.807) is 12.4 Å². The molecule has 1 aliphatic heterocycles. The van der Waals surface area contributed by atoms with Gasteiger partial charge in [-0.05, 0) is 13.1 Å². The maximum absolute atomic E-state index is 5.77. The molecule has 1 aromatic heterocycles. The maximum atomic E-state index is 5.77. The van der Waals surface area contributed by atoms with Crippen LogP contribution in [0.4, 0.5) is 0 Å². The Bertz CT molecular complexity index is 359. The third kappa shape index (κ3) is 3.15. The number of pyridine rings is 1. The summed E-state index contributed by atoms with van der Waals surface area (Å²) in [5, 5.41) is 0. The lowest BCUT2D eigenvalue weighted by molar-refractivity contribution is -0.0109. The topological polar surface area (TPSA) is 60.6 Å². The van der Waals surface area contributed by atoms with Crippen LogP contribution in [0.1, 0.15) is 5.56 Å². The van der Waals surface area contributed by atoms with Gasteiger partial charge in [-0.15, -0.1) is 0 Å². The average Bonchev–Trinajstić information content (AvgIpc) is 2.38. The average molecular weight is 237 g/mol. The van der Waals surface area contributed by atoms with Gasteiger partial charge in [-0.3, -0.25) is 9.88 Å². The molecule has 2 N–H and O–H groups in total. The second-order valence-electron chi connectivity index (χ2n) is 4.21. The lowest BCUT2D eigenvalue weighted by atomic mass is 10.2. The SMILES string of the molecule is CN1CCOCC1COc1cnccc1CN. The van der Waals surface area contributed by atoms with Crippen molar-refractivity contribution >= 4 is 0 Å². The molecular weight excluding hydrogens is 218 g/mol. The van der Waals surface area contributed by atoms with Gasteiger partial charge in [0.15, 0.2) is 0 Å². The molecule has 0 aromatic carbocycles. The Balaban J connectivity index is 1.92. The zero-order chi connectivity index (χ0) is 12.1. The molecule has 94 valence electrons. The predicted octanol–water partition coefficient (Wildman–Crippen LogP) is 0.250. The number of hydrogen-bond donors (Lipinski definition) is 1. The monoisotopic (exact) mass is 237 g/mol. The smallest absolute Gasteiger partial charge is 0.142 e. The summed E-state index contributed by atoms with van der Waals surface area (Å²) in [5.41, 5.74) is 6.63. The number of ether oxygens (including phenoxy) is 2. The first-order chi connectivity index (χ1) is 8.31. The molecule has 0 radical (unpaired) electrons. The molecule has 17 heavy (non-hydrogen) atoms. The molecule has 1 aromatic rings. The van der Waals surface area contributed by atoms with Gasteiger partial charge in [-0.2, -0.15) is 0 Å². The van der Waals surface area contributed by atoms with Crippen LogP contribution < -0.4 is 10.5 Å². The molecule has 1 fully saturated rings. The summed E-state index contributed by atoms with van der Waals surface area (Å²) >= 11 is 0. The van der Waals surface area contributed by atoms with Crippen LogP contribution in [-0.2, 0) is 11.3 Å². The van der Waals surface area contributed by atoms with Crippen molar-refractivity contribution in [3.8, 4) is 5.75 Å². The summed E-state index contributed by atoms with van der Waals surface area (Å²) in [7, 11) is 2.09. The van der Waals surface area contributed by atoms with E-state index in [-0.39, 0.29) is 0 Å². The molecule has 1 saturated heterocycles. The molecule has 0 saturated carbocycles. The van der Waals surface area contributed by atoms with Gasteiger partial charge in [-0.25, -0.2) is 0 Å². The van der Waals surface area contributed by atoms with Gasteiger partial charge in [0.25, 0.3) is 0 Å². The van der Waals surface area contributed by atoms with Gasteiger partial charge in [0.2, 0.25) is 0 Å². The second-order valence-corrected chi connectivity index (χ2v) is 4.21. The molecule has 0 aliphatic carbocycles. The molecule has 1 unspecified atom stereocenters. The van der Waals surface area contributed by atoms with Crippen LogP contribution in [-0.4, -0.2) is 49.3 Å². The van der Waals surface area contributed by atoms with E-state index in [0.717, 1.165) is 24.5 Å². The van der Waals surface area contributed by atoms with E-state index >= 15 is 0 Å². The number of likely N-dealkylation sites (N-methyl/N-ethyl adjacent to an activating group) is 1. The Morgan fingerprint density at radius 3 is 3.29 bits per heavy atom. The van der Waals surface area contributed by atoms with Gasteiger partial charge >= 0.3 is 0 Å². The van der Waals surface area contributed by atoms with Gasteiger partial charge < -0.3 is 15.2 Å². The summed E-state index contributed by atoms with van der Waals surface area (Å²) in [4.78, 5) is 6.30. The van der Waals surface area contributed by atoms with Crippen molar-refractivity contribution in [2.45, 2.75) is 12.6 Å². The molecule has 1 atom stereocenters. The first kappa shape index (κ1) is 12.3.